The van der Waals surface area contributed by atoms with Crippen molar-refractivity contribution in [2.75, 3.05) is 32.7 Å². The van der Waals surface area contributed by atoms with Crippen LogP contribution in [0.15, 0.2) is 12.3 Å². The third-order valence-corrected chi connectivity index (χ3v) is 7.01. The van der Waals surface area contributed by atoms with Crippen molar-refractivity contribution in [3.8, 4) is 0 Å². The zero-order valence-corrected chi connectivity index (χ0v) is 16.3. The Morgan fingerprint density at radius 2 is 1.79 bits per heavy atom. The van der Waals surface area contributed by atoms with E-state index in [-0.39, 0.29) is 0 Å². The first-order valence-electron chi connectivity index (χ1n) is 9.60. The van der Waals surface area contributed by atoms with Gasteiger partial charge in [0.05, 0.1) is 23.7 Å². The second-order valence-electron chi connectivity index (χ2n) is 7.71. The number of hydrogen-bond acceptors (Lipinski definition) is 5. The van der Waals surface area contributed by atoms with Gasteiger partial charge in [0, 0.05) is 37.6 Å². The molecule has 1 saturated heterocycles. The summed E-state index contributed by atoms with van der Waals surface area (Å²) in [4.78, 5) is 16.8. The van der Waals surface area contributed by atoms with Gasteiger partial charge in [-0.3, -0.25) is 19.3 Å². The smallest absolute Gasteiger partial charge is 0.365 e. The van der Waals surface area contributed by atoms with E-state index < -0.39 is 18.6 Å². The summed E-state index contributed by atoms with van der Waals surface area (Å²) in [5.41, 5.74) is 5.38. The Balaban J connectivity index is 1.32. The van der Waals surface area contributed by atoms with Crippen LogP contribution >= 0.6 is 11.3 Å². The lowest BCUT2D eigenvalue weighted by atomic mass is 9.90. The Hall–Kier alpha value is -1.65. The number of rotatable bonds is 4. The van der Waals surface area contributed by atoms with Crippen molar-refractivity contribution in [1.82, 2.24) is 19.6 Å². The summed E-state index contributed by atoms with van der Waals surface area (Å²) >= 11 is 1.38. The van der Waals surface area contributed by atoms with Crippen LogP contribution in [0, 0.1) is 0 Å². The quantitative estimate of drug-likeness (QED) is 0.834. The van der Waals surface area contributed by atoms with Crippen LogP contribution in [0.3, 0.4) is 0 Å². The maximum atomic E-state index is 12.5. The Morgan fingerprint density at radius 3 is 2.39 bits per heavy atom. The number of thiophene rings is 1. The molecular weight excluding hydrogens is 391 g/mol. The predicted molar refractivity (Wildman–Crippen MR) is 101 cm³/mol. The number of nitrogens with two attached hydrogens (primary N) is 1. The fourth-order valence-corrected chi connectivity index (χ4v) is 5.45. The highest BCUT2D eigenvalue weighted by molar-refractivity contribution is 7.20. The zero-order valence-electron chi connectivity index (χ0n) is 15.5. The molecule has 1 amide bonds. The van der Waals surface area contributed by atoms with Crippen molar-refractivity contribution in [3.63, 3.8) is 0 Å². The first-order valence-corrected chi connectivity index (χ1v) is 10.4. The number of piperazine rings is 1. The topological polar surface area (TPSA) is 67.4 Å². The summed E-state index contributed by atoms with van der Waals surface area (Å²) in [6.07, 6.45) is 1.65. The molecule has 3 heterocycles. The van der Waals surface area contributed by atoms with E-state index in [4.69, 9.17) is 5.73 Å². The molecule has 6 nitrogen and oxygen atoms in total. The molecule has 0 unspecified atom stereocenters. The van der Waals surface area contributed by atoms with Gasteiger partial charge in [0.25, 0.3) is 5.91 Å². The normalized spacial score (nSPS) is 25.4. The van der Waals surface area contributed by atoms with E-state index in [1.807, 2.05) is 4.68 Å². The van der Waals surface area contributed by atoms with Crippen molar-refractivity contribution in [1.29, 1.82) is 0 Å². The number of nitrogens with zero attached hydrogens (tertiary/aromatic N) is 4. The van der Waals surface area contributed by atoms with Crippen LogP contribution in [0.4, 0.5) is 13.2 Å². The molecule has 2 aliphatic rings. The molecule has 2 aromatic heterocycles. The Bertz CT molecular complexity index is 832. The highest BCUT2D eigenvalue weighted by Crippen LogP contribution is 2.35. The second kappa shape index (κ2) is 7.64. The van der Waals surface area contributed by atoms with E-state index in [2.05, 4.69) is 10.00 Å². The third kappa shape index (κ3) is 4.18. The lowest BCUT2D eigenvalue weighted by Crippen LogP contribution is -2.52. The minimum atomic E-state index is -4.12. The summed E-state index contributed by atoms with van der Waals surface area (Å²) in [6.45, 7) is 1.54. The van der Waals surface area contributed by atoms with Crippen LogP contribution in [0.5, 0.6) is 0 Å². The van der Waals surface area contributed by atoms with Crippen molar-refractivity contribution in [3.05, 3.63) is 17.1 Å². The van der Waals surface area contributed by atoms with Crippen LogP contribution < -0.4 is 5.73 Å². The molecule has 0 bridgehead atoms. The van der Waals surface area contributed by atoms with Crippen LogP contribution in [-0.4, -0.2) is 70.4 Å². The van der Waals surface area contributed by atoms with Gasteiger partial charge in [-0.2, -0.15) is 18.3 Å². The van der Waals surface area contributed by atoms with Crippen molar-refractivity contribution < 1.29 is 18.0 Å². The largest absolute Gasteiger partial charge is 0.401 e. The van der Waals surface area contributed by atoms with E-state index in [0.29, 0.717) is 43.1 Å². The number of carbonyl (C=O) groups is 1. The number of primary amides is 1. The molecule has 28 heavy (non-hydrogen) atoms. The molecule has 0 aromatic carbocycles. The van der Waals surface area contributed by atoms with E-state index >= 15 is 0 Å². The number of hydrogen-bond donors (Lipinski definition) is 1. The van der Waals surface area contributed by atoms with Crippen LogP contribution in [-0.2, 0) is 0 Å². The maximum absolute atomic E-state index is 12.5. The van der Waals surface area contributed by atoms with E-state index in [1.165, 1.54) is 16.2 Å². The van der Waals surface area contributed by atoms with Crippen molar-refractivity contribution >= 4 is 27.5 Å². The molecule has 2 fully saturated rings. The van der Waals surface area contributed by atoms with Gasteiger partial charge in [0.2, 0.25) is 0 Å². The number of halogens is 3. The van der Waals surface area contributed by atoms with Crippen LogP contribution in [0.25, 0.3) is 10.2 Å². The molecule has 10 heteroatoms. The van der Waals surface area contributed by atoms with E-state index in [9.17, 15) is 18.0 Å². The summed E-state index contributed by atoms with van der Waals surface area (Å²) in [6, 6.07) is 2.51. The van der Waals surface area contributed by atoms with Crippen molar-refractivity contribution in [2.24, 2.45) is 5.73 Å². The average Bonchev–Trinajstić information content (AvgIpc) is 3.22. The SMILES string of the molecule is NC(=O)c1cc2cnn(C3CCC(N4CCN(CC(F)(F)F)CC4)CC3)c2s1. The molecule has 154 valence electrons. The Labute approximate surface area is 165 Å². The van der Waals surface area contributed by atoms with Gasteiger partial charge < -0.3 is 5.73 Å². The fraction of sp³-hybridized carbons (Fsp3) is 0.667. The van der Waals surface area contributed by atoms with Gasteiger partial charge in [0.15, 0.2) is 0 Å². The molecule has 2 aromatic rings. The molecule has 0 atom stereocenters. The highest BCUT2D eigenvalue weighted by Gasteiger charge is 2.34. The highest BCUT2D eigenvalue weighted by atomic mass is 32.1. The van der Waals surface area contributed by atoms with Gasteiger partial charge in [-0.05, 0) is 31.7 Å². The summed E-state index contributed by atoms with van der Waals surface area (Å²) in [5, 5.41) is 5.46. The summed E-state index contributed by atoms with van der Waals surface area (Å²) < 4.78 is 39.6. The number of alkyl halides is 3. The van der Waals surface area contributed by atoms with Gasteiger partial charge >= 0.3 is 6.18 Å². The maximum Gasteiger partial charge on any atom is 0.401 e. The fourth-order valence-electron chi connectivity index (χ4n) is 4.43. The van der Waals surface area contributed by atoms with Gasteiger partial charge in [-0.25, -0.2) is 0 Å². The minimum absolute atomic E-state index is 0.291. The molecule has 0 spiro atoms. The van der Waals surface area contributed by atoms with Gasteiger partial charge in [0.1, 0.15) is 4.83 Å². The molecule has 1 saturated carbocycles. The lowest BCUT2D eigenvalue weighted by molar-refractivity contribution is -0.150. The van der Waals surface area contributed by atoms with E-state index in [1.54, 1.807) is 12.3 Å². The van der Waals surface area contributed by atoms with Crippen LogP contribution in [0.1, 0.15) is 41.4 Å². The molecule has 4 rings (SSSR count). The van der Waals surface area contributed by atoms with Gasteiger partial charge in [-0.15, -0.1) is 11.3 Å². The number of aromatic nitrogens is 2. The van der Waals surface area contributed by atoms with Gasteiger partial charge in [-0.1, -0.05) is 0 Å². The summed E-state index contributed by atoms with van der Waals surface area (Å²) in [7, 11) is 0. The van der Waals surface area contributed by atoms with E-state index in [0.717, 1.165) is 35.9 Å². The third-order valence-electron chi connectivity index (χ3n) is 5.85. The van der Waals surface area contributed by atoms with Crippen LogP contribution in [0.2, 0.25) is 0 Å². The predicted octanol–water partition coefficient (Wildman–Crippen LogP) is 2.86. The molecule has 1 aliphatic carbocycles. The number of fused-ring (bicyclic) bond motifs is 1. The lowest BCUT2D eigenvalue weighted by Gasteiger charge is -2.42. The number of amides is 1. The number of carbonyl (C=O) groups excluding carboxylic acids is 1. The summed E-state index contributed by atoms with van der Waals surface area (Å²) in [5.74, 6) is -0.416. The molecule has 1 aliphatic heterocycles. The van der Waals surface area contributed by atoms with Crippen molar-refractivity contribution in [2.45, 2.75) is 43.9 Å². The first kappa shape index (κ1) is 19.7. The average molecular weight is 415 g/mol. The second-order valence-corrected chi connectivity index (χ2v) is 8.74. The Morgan fingerprint density at radius 1 is 1.14 bits per heavy atom. The molecular formula is C18H24F3N5OS. The first-order chi connectivity index (χ1) is 13.3. The molecule has 2 N–H and O–H groups in total. The standard InChI is InChI=1S/C18H24F3N5OS/c19-18(20,21)11-24-5-7-25(8-6-24)13-1-3-14(4-2-13)26-17-12(10-23-26)9-15(28-17)16(22)27/h9-10,13-14H,1-8,11H2,(H2,22,27). The molecule has 0 radical (unpaired) electrons. The zero-order chi connectivity index (χ0) is 19.9. The minimum Gasteiger partial charge on any atom is -0.365 e. The monoisotopic (exact) mass is 415 g/mol. The Kier molecular flexibility index (Phi) is 5.36.